The van der Waals surface area contributed by atoms with Crippen molar-refractivity contribution in [1.29, 1.82) is 0 Å². The molecule has 3 rings (SSSR count). The molecular weight excluding hydrogens is 352 g/mol. The summed E-state index contributed by atoms with van der Waals surface area (Å²) >= 11 is 0. The molecule has 1 atom stereocenters. The molecule has 0 bridgehead atoms. The Morgan fingerprint density at radius 2 is 1.75 bits per heavy atom. The SMILES string of the molecule is COc1ccc(C(C)N(C)Cc2nc(-c3ccc(OC)c(C)c3)oc2C)cc1. The van der Waals surface area contributed by atoms with Crippen molar-refractivity contribution in [2.45, 2.75) is 33.4 Å². The van der Waals surface area contributed by atoms with E-state index >= 15 is 0 Å². The van der Waals surface area contributed by atoms with E-state index in [-0.39, 0.29) is 6.04 Å². The quantitative estimate of drug-likeness (QED) is 0.566. The van der Waals surface area contributed by atoms with Crippen LogP contribution in [-0.2, 0) is 6.54 Å². The van der Waals surface area contributed by atoms with Gasteiger partial charge in [-0.05, 0) is 69.3 Å². The second kappa shape index (κ2) is 8.48. The zero-order valence-corrected chi connectivity index (χ0v) is 17.4. The molecule has 0 saturated carbocycles. The number of hydrogen-bond donors (Lipinski definition) is 0. The Balaban J connectivity index is 1.76. The van der Waals surface area contributed by atoms with Gasteiger partial charge in [-0.3, -0.25) is 4.90 Å². The van der Waals surface area contributed by atoms with Crippen molar-refractivity contribution < 1.29 is 13.9 Å². The molecule has 1 heterocycles. The van der Waals surface area contributed by atoms with Crippen molar-refractivity contribution in [2.75, 3.05) is 21.3 Å². The Hall–Kier alpha value is -2.79. The van der Waals surface area contributed by atoms with E-state index in [1.54, 1.807) is 14.2 Å². The van der Waals surface area contributed by atoms with Gasteiger partial charge in [-0.15, -0.1) is 0 Å². The molecule has 28 heavy (non-hydrogen) atoms. The third-order valence-electron chi connectivity index (χ3n) is 5.19. The van der Waals surface area contributed by atoms with Crippen molar-refractivity contribution in [3.63, 3.8) is 0 Å². The molecule has 0 N–H and O–H groups in total. The van der Waals surface area contributed by atoms with Crippen LogP contribution in [0.2, 0.25) is 0 Å². The predicted octanol–water partition coefficient (Wildman–Crippen LogP) is 5.17. The minimum Gasteiger partial charge on any atom is -0.497 e. The number of ether oxygens (including phenoxy) is 2. The Labute approximate surface area is 166 Å². The van der Waals surface area contributed by atoms with Crippen molar-refractivity contribution >= 4 is 0 Å². The number of nitrogens with zero attached hydrogens (tertiary/aromatic N) is 2. The minimum atomic E-state index is 0.244. The van der Waals surface area contributed by atoms with Crippen LogP contribution in [0.4, 0.5) is 0 Å². The molecular formula is C23H28N2O3. The number of hydrogen-bond acceptors (Lipinski definition) is 5. The zero-order chi connectivity index (χ0) is 20.3. The largest absolute Gasteiger partial charge is 0.497 e. The number of oxazole rings is 1. The summed E-state index contributed by atoms with van der Waals surface area (Å²) in [4.78, 5) is 7.01. The maximum Gasteiger partial charge on any atom is 0.226 e. The van der Waals surface area contributed by atoms with Crippen molar-refractivity contribution in [2.24, 2.45) is 0 Å². The van der Waals surface area contributed by atoms with Crippen molar-refractivity contribution in [1.82, 2.24) is 9.88 Å². The summed E-state index contributed by atoms with van der Waals surface area (Å²) < 4.78 is 16.5. The van der Waals surface area contributed by atoms with E-state index in [1.165, 1.54) is 5.56 Å². The van der Waals surface area contributed by atoms with E-state index in [0.717, 1.165) is 34.1 Å². The fourth-order valence-corrected chi connectivity index (χ4v) is 3.22. The Kier molecular flexibility index (Phi) is 6.05. The highest BCUT2D eigenvalue weighted by Crippen LogP contribution is 2.29. The lowest BCUT2D eigenvalue weighted by Gasteiger charge is -2.24. The predicted molar refractivity (Wildman–Crippen MR) is 111 cm³/mol. The Morgan fingerprint density at radius 3 is 2.36 bits per heavy atom. The highest BCUT2D eigenvalue weighted by Gasteiger charge is 2.18. The Bertz CT molecular complexity index is 932. The first-order valence-corrected chi connectivity index (χ1v) is 9.38. The first-order chi connectivity index (χ1) is 13.4. The number of methoxy groups -OCH3 is 2. The molecule has 1 aromatic heterocycles. The fraction of sp³-hybridized carbons (Fsp3) is 0.348. The zero-order valence-electron chi connectivity index (χ0n) is 17.4. The van der Waals surface area contributed by atoms with Crippen LogP contribution in [0.5, 0.6) is 11.5 Å². The molecule has 0 radical (unpaired) electrons. The maximum absolute atomic E-state index is 5.95. The smallest absolute Gasteiger partial charge is 0.226 e. The van der Waals surface area contributed by atoms with Gasteiger partial charge in [0.25, 0.3) is 0 Å². The third kappa shape index (κ3) is 4.20. The summed E-state index contributed by atoms with van der Waals surface area (Å²) in [6.45, 7) is 6.88. The van der Waals surface area contributed by atoms with Gasteiger partial charge < -0.3 is 13.9 Å². The monoisotopic (exact) mass is 380 g/mol. The second-order valence-corrected chi connectivity index (χ2v) is 7.07. The van der Waals surface area contributed by atoms with Gasteiger partial charge in [-0.25, -0.2) is 4.98 Å². The van der Waals surface area contributed by atoms with Gasteiger partial charge in [0.05, 0.1) is 19.9 Å². The van der Waals surface area contributed by atoms with Gasteiger partial charge in [0.1, 0.15) is 17.3 Å². The highest BCUT2D eigenvalue weighted by atomic mass is 16.5. The van der Waals surface area contributed by atoms with Crippen LogP contribution in [0.1, 0.15) is 35.5 Å². The van der Waals surface area contributed by atoms with Crippen LogP contribution in [0.15, 0.2) is 46.9 Å². The van der Waals surface area contributed by atoms with E-state index in [1.807, 2.05) is 44.2 Å². The number of benzene rings is 2. The number of aryl methyl sites for hydroxylation is 2. The summed E-state index contributed by atoms with van der Waals surface area (Å²) in [5, 5.41) is 0. The highest BCUT2D eigenvalue weighted by molar-refractivity contribution is 5.57. The maximum atomic E-state index is 5.95. The molecule has 0 aliphatic rings. The van der Waals surface area contributed by atoms with Crippen molar-refractivity contribution in [3.8, 4) is 23.0 Å². The van der Waals surface area contributed by atoms with Gasteiger partial charge in [-0.2, -0.15) is 0 Å². The molecule has 0 aliphatic carbocycles. The molecule has 1 unspecified atom stereocenters. The first kappa shape index (κ1) is 20.0. The molecule has 0 aliphatic heterocycles. The molecule has 0 fully saturated rings. The standard InChI is InChI=1S/C23H28N2O3/c1-15-13-19(9-12-22(15)27-6)23-24-21(17(3)28-23)14-25(4)16(2)18-7-10-20(26-5)11-8-18/h7-13,16H,14H2,1-6H3. The average Bonchev–Trinajstić information content (AvgIpc) is 3.07. The summed E-state index contributed by atoms with van der Waals surface area (Å²) in [5.74, 6) is 3.21. The van der Waals surface area contributed by atoms with Gasteiger partial charge in [0.2, 0.25) is 5.89 Å². The molecule has 0 spiro atoms. The second-order valence-electron chi connectivity index (χ2n) is 7.07. The first-order valence-electron chi connectivity index (χ1n) is 9.38. The van der Waals surface area contributed by atoms with Gasteiger partial charge in [-0.1, -0.05) is 12.1 Å². The molecule has 5 heteroatoms. The van der Waals surface area contributed by atoms with Gasteiger partial charge in [0, 0.05) is 18.2 Å². The third-order valence-corrected chi connectivity index (χ3v) is 5.19. The average molecular weight is 380 g/mol. The van der Waals surface area contributed by atoms with Crippen LogP contribution < -0.4 is 9.47 Å². The summed E-state index contributed by atoms with van der Waals surface area (Å²) in [6.07, 6.45) is 0. The van der Waals surface area contributed by atoms with Crippen molar-refractivity contribution in [3.05, 3.63) is 65.0 Å². The molecule has 3 aromatic rings. The van der Waals surface area contributed by atoms with E-state index in [0.29, 0.717) is 12.4 Å². The molecule has 0 saturated heterocycles. The molecule has 148 valence electrons. The van der Waals surface area contributed by atoms with Crippen LogP contribution >= 0.6 is 0 Å². The van der Waals surface area contributed by atoms with E-state index < -0.39 is 0 Å². The Morgan fingerprint density at radius 1 is 1.04 bits per heavy atom. The number of aromatic nitrogens is 1. The van der Waals surface area contributed by atoms with Gasteiger partial charge in [0.15, 0.2) is 0 Å². The fourth-order valence-electron chi connectivity index (χ4n) is 3.22. The normalized spacial score (nSPS) is 12.2. The van der Waals surface area contributed by atoms with Gasteiger partial charge >= 0.3 is 0 Å². The van der Waals surface area contributed by atoms with Crippen LogP contribution in [-0.4, -0.2) is 31.2 Å². The lowest BCUT2D eigenvalue weighted by atomic mass is 10.1. The number of rotatable bonds is 7. The molecule has 0 amide bonds. The van der Waals surface area contributed by atoms with Crippen LogP contribution in [0, 0.1) is 13.8 Å². The molecule has 2 aromatic carbocycles. The lowest BCUT2D eigenvalue weighted by molar-refractivity contribution is 0.249. The summed E-state index contributed by atoms with van der Waals surface area (Å²) in [7, 11) is 5.45. The van der Waals surface area contributed by atoms with E-state index in [4.69, 9.17) is 18.9 Å². The van der Waals surface area contributed by atoms with E-state index in [2.05, 4.69) is 31.0 Å². The van der Waals surface area contributed by atoms with E-state index in [9.17, 15) is 0 Å². The summed E-state index contributed by atoms with van der Waals surface area (Å²) in [6, 6.07) is 14.4. The topological polar surface area (TPSA) is 47.7 Å². The lowest BCUT2D eigenvalue weighted by Crippen LogP contribution is -2.22. The minimum absolute atomic E-state index is 0.244. The van der Waals surface area contributed by atoms with Crippen LogP contribution in [0.3, 0.4) is 0 Å². The molecule has 5 nitrogen and oxygen atoms in total. The van der Waals surface area contributed by atoms with Crippen LogP contribution in [0.25, 0.3) is 11.5 Å². The summed E-state index contributed by atoms with van der Waals surface area (Å²) in [5.41, 5.74) is 4.20.